The highest BCUT2D eigenvalue weighted by molar-refractivity contribution is 6.07. The SMILES string of the molecule is CC(=O)Nc1ccc(C(=O)Nc2ccccc2N)cc1.CC(=O)Nc1ccc(C(=O)Nc2ccccc2NC(=O)OC(C)(C)C)cc1.CC(=O)O.[2H]CC. The number of ether oxygens (including phenoxy) is 1. The molecule has 4 aromatic carbocycles. The van der Waals surface area contributed by atoms with E-state index in [2.05, 4.69) is 26.6 Å². The summed E-state index contributed by atoms with van der Waals surface area (Å²) in [5, 5.41) is 20.8. The zero-order chi connectivity index (χ0) is 40.8. The fraction of sp³-hybridized carbons (Fsp3) is 0.231. The van der Waals surface area contributed by atoms with Crippen LogP contribution in [0.2, 0.25) is 0 Å². The van der Waals surface area contributed by atoms with E-state index in [4.69, 9.17) is 21.7 Å². The molecule has 0 aliphatic heterocycles. The van der Waals surface area contributed by atoms with Crippen LogP contribution in [0.4, 0.5) is 38.9 Å². The summed E-state index contributed by atoms with van der Waals surface area (Å²) in [7, 11) is 0. The topological polar surface area (TPSA) is 218 Å². The van der Waals surface area contributed by atoms with Gasteiger partial charge < -0.3 is 36.8 Å². The van der Waals surface area contributed by atoms with E-state index >= 15 is 0 Å². The summed E-state index contributed by atoms with van der Waals surface area (Å²) in [5.74, 6) is -1.77. The molecule has 0 unspecified atom stereocenters. The molecule has 0 bridgehead atoms. The molecule has 0 spiro atoms. The molecule has 282 valence electrons. The minimum absolute atomic E-state index is 0.153. The Labute approximate surface area is 310 Å². The minimum atomic E-state index is -0.833. The van der Waals surface area contributed by atoms with Gasteiger partial charge in [0, 0.05) is 44.6 Å². The third kappa shape index (κ3) is 18.2. The van der Waals surface area contributed by atoms with Gasteiger partial charge in [-0.25, -0.2) is 4.79 Å². The number of benzene rings is 4. The normalized spacial score (nSPS) is 9.98. The lowest BCUT2D eigenvalue weighted by molar-refractivity contribution is -0.134. The van der Waals surface area contributed by atoms with Crippen LogP contribution < -0.4 is 32.3 Å². The van der Waals surface area contributed by atoms with E-state index < -0.39 is 17.7 Å². The van der Waals surface area contributed by atoms with Crippen molar-refractivity contribution in [1.29, 1.82) is 0 Å². The van der Waals surface area contributed by atoms with Crippen LogP contribution in [0.3, 0.4) is 0 Å². The molecule has 0 saturated heterocycles. The Morgan fingerprint density at radius 1 is 0.604 bits per heavy atom. The summed E-state index contributed by atoms with van der Waals surface area (Å²) < 4.78 is 11.4. The molecule has 0 aliphatic rings. The average Bonchev–Trinajstić information content (AvgIpc) is 3.06. The van der Waals surface area contributed by atoms with Crippen molar-refractivity contribution in [3.63, 3.8) is 0 Å². The first-order valence-electron chi connectivity index (χ1n) is 16.9. The number of nitrogens with one attached hydrogen (secondary N) is 5. The number of hydrogen-bond acceptors (Lipinski definition) is 8. The summed E-state index contributed by atoms with van der Waals surface area (Å²) in [4.78, 5) is 67.5. The van der Waals surface area contributed by atoms with E-state index in [-0.39, 0.29) is 23.6 Å². The second-order valence-electron chi connectivity index (χ2n) is 11.7. The van der Waals surface area contributed by atoms with Crippen molar-refractivity contribution in [3.8, 4) is 0 Å². The highest BCUT2D eigenvalue weighted by Crippen LogP contribution is 2.23. The van der Waals surface area contributed by atoms with Crippen LogP contribution in [0.25, 0.3) is 0 Å². The molecule has 14 nitrogen and oxygen atoms in total. The van der Waals surface area contributed by atoms with Gasteiger partial charge in [-0.05, 0) is 93.6 Å². The lowest BCUT2D eigenvalue weighted by Gasteiger charge is -2.20. The van der Waals surface area contributed by atoms with Crippen LogP contribution in [0.15, 0.2) is 97.1 Å². The molecular weight excluding hydrogens is 680 g/mol. The first-order chi connectivity index (χ1) is 25.3. The fourth-order valence-electron chi connectivity index (χ4n) is 3.93. The number of anilines is 6. The highest BCUT2D eigenvalue weighted by atomic mass is 16.6. The predicted octanol–water partition coefficient (Wildman–Crippen LogP) is 7.84. The molecule has 53 heavy (non-hydrogen) atoms. The van der Waals surface area contributed by atoms with Crippen molar-refractivity contribution in [2.45, 2.75) is 61.0 Å². The van der Waals surface area contributed by atoms with E-state index in [1.807, 2.05) is 0 Å². The molecule has 0 saturated carbocycles. The molecule has 5 amide bonds. The maximum absolute atomic E-state index is 12.5. The van der Waals surface area contributed by atoms with Crippen LogP contribution in [0, 0.1) is 0 Å². The van der Waals surface area contributed by atoms with Gasteiger partial charge in [0.15, 0.2) is 0 Å². The minimum Gasteiger partial charge on any atom is -0.481 e. The number of carbonyl (C=O) groups is 6. The molecule has 0 aliphatic carbocycles. The first-order valence-corrected chi connectivity index (χ1v) is 16.1. The van der Waals surface area contributed by atoms with Crippen molar-refractivity contribution in [3.05, 3.63) is 108 Å². The predicted molar refractivity (Wildman–Crippen MR) is 209 cm³/mol. The zero-order valence-corrected chi connectivity index (χ0v) is 30.8. The number of carboxylic acids is 1. The number of carbonyl (C=O) groups excluding carboxylic acids is 5. The van der Waals surface area contributed by atoms with E-state index in [1.54, 1.807) is 125 Å². The van der Waals surface area contributed by atoms with Crippen LogP contribution in [-0.4, -0.2) is 46.4 Å². The Bertz CT molecular complexity index is 1860. The Balaban J connectivity index is 0.000000474. The summed E-state index contributed by atoms with van der Waals surface area (Å²) in [6.07, 6.45) is -0.608. The quantitative estimate of drug-likeness (QED) is 0.0920. The molecule has 14 heteroatoms. The fourth-order valence-corrected chi connectivity index (χ4v) is 3.93. The van der Waals surface area contributed by atoms with Crippen LogP contribution in [0.1, 0.15) is 77.5 Å². The number of aliphatic carboxylic acids is 1. The third-order valence-corrected chi connectivity index (χ3v) is 5.95. The summed E-state index contributed by atoms with van der Waals surface area (Å²) in [6.45, 7) is 11.5. The van der Waals surface area contributed by atoms with Gasteiger partial charge in [-0.1, -0.05) is 38.1 Å². The summed E-state index contributed by atoms with van der Waals surface area (Å²) >= 11 is 0. The molecule has 4 rings (SSSR count). The largest absolute Gasteiger partial charge is 0.481 e. The van der Waals surface area contributed by atoms with Gasteiger partial charge in [0.2, 0.25) is 11.8 Å². The molecule has 4 aromatic rings. The Morgan fingerprint density at radius 2 is 0.943 bits per heavy atom. The lowest BCUT2D eigenvalue weighted by Crippen LogP contribution is -2.27. The maximum Gasteiger partial charge on any atom is 0.412 e. The molecule has 8 N–H and O–H groups in total. The van der Waals surface area contributed by atoms with E-state index in [0.29, 0.717) is 52.2 Å². The Kier molecular flexibility index (Phi) is 17.8. The summed E-state index contributed by atoms with van der Waals surface area (Å²) in [5.41, 5.74) is 9.24. The Morgan fingerprint density at radius 3 is 1.30 bits per heavy atom. The standard InChI is InChI=1S/C20H23N3O4.C15H15N3O2.C2H4O2.C2H6/c1-13(24)21-15-11-9-14(10-12-15)18(25)22-16-7-5-6-8-17(16)23-19(26)27-20(2,3)4;1-10(19)17-12-8-6-11(7-9-12)15(20)18-14-5-3-2-4-13(14)16;1-2(3)4;1-2/h5-12H,1-4H3,(H,21,24)(H,22,25)(H,23,26);2-9H,16H2,1H3,(H,17,19)(H,18,20);1H3,(H,3,4);1-2H3/i;;;1D. The van der Waals surface area contributed by atoms with Gasteiger partial charge >= 0.3 is 6.09 Å². The van der Waals surface area contributed by atoms with E-state index in [9.17, 15) is 24.0 Å². The second-order valence-corrected chi connectivity index (χ2v) is 11.7. The number of para-hydroxylation sites is 4. The van der Waals surface area contributed by atoms with Crippen molar-refractivity contribution in [2.75, 3.05) is 32.3 Å². The number of nitrogens with two attached hydrogens (primary N) is 1. The van der Waals surface area contributed by atoms with Crippen molar-refractivity contribution < 1.29 is 40.0 Å². The van der Waals surface area contributed by atoms with Crippen molar-refractivity contribution >= 4 is 69.8 Å². The second kappa shape index (κ2) is 22.2. The molecule has 0 radical (unpaired) electrons. The van der Waals surface area contributed by atoms with Gasteiger partial charge in [-0.15, -0.1) is 0 Å². The van der Waals surface area contributed by atoms with Gasteiger partial charge in [-0.2, -0.15) is 0 Å². The average molecular weight is 730 g/mol. The number of carboxylic acid groups (broad SMARTS) is 1. The number of nitrogen functional groups attached to an aromatic ring is 1. The summed E-state index contributed by atoms with van der Waals surface area (Å²) in [6, 6.07) is 27.0. The lowest BCUT2D eigenvalue weighted by atomic mass is 10.1. The van der Waals surface area contributed by atoms with Gasteiger partial charge in [0.05, 0.1) is 22.7 Å². The van der Waals surface area contributed by atoms with Crippen LogP contribution in [0.5, 0.6) is 0 Å². The number of hydrogen-bond donors (Lipinski definition) is 7. The van der Waals surface area contributed by atoms with Crippen molar-refractivity contribution in [2.24, 2.45) is 0 Å². The van der Waals surface area contributed by atoms with E-state index in [1.165, 1.54) is 13.8 Å². The van der Waals surface area contributed by atoms with Crippen LogP contribution in [-0.2, 0) is 19.1 Å². The maximum atomic E-state index is 12.5. The highest BCUT2D eigenvalue weighted by Gasteiger charge is 2.18. The molecular formula is C39H48N6O8. The molecule has 0 fully saturated rings. The first kappa shape index (κ1) is 42.5. The smallest absolute Gasteiger partial charge is 0.412 e. The monoisotopic (exact) mass is 729 g/mol. The van der Waals surface area contributed by atoms with Gasteiger partial charge in [-0.3, -0.25) is 29.3 Å². The van der Waals surface area contributed by atoms with Gasteiger partial charge in [0.1, 0.15) is 5.60 Å². The molecule has 0 atom stereocenters. The third-order valence-electron chi connectivity index (χ3n) is 5.95. The number of rotatable bonds is 7. The van der Waals surface area contributed by atoms with Crippen molar-refractivity contribution in [1.82, 2.24) is 0 Å². The van der Waals surface area contributed by atoms with E-state index in [0.717, 1.165) is 6.92 Å². The number of amides is 5. The van der Waals surface area contributed by atoms with Gasteiger partial charge in [0.25, 0.3) is 17.8 Å². The molecule has 0 aromatic heterocycles. The zero-order valence-electron chi connectivity index (χ0n) is 31.8. The van der Waals surface area contributed by atoms with Crippen LogP contribution >= 0.6 is 0 Å². The Hall–Kier alpha value is -6.70. The molecule has 0 heterocycles.